The van der Waals surface area contributed by atoms with Gasteiger partial charge in [0, 0.05) is 21.3 Å². The first-order valence-corrected chi connectivity index (χ1v) is 6.42. The SMILES string of the molecule is COc1ncc(Br)cc1C(O)c1ccc(Cl)cc1. The molecule has 2 aromatic rings. The van der Waals surface area contributed by atoms with E-state index >= 15 is 0 Å². The molecule has 0 spiro atoms. The molecule has 0 aliphatic rings. The zero-order valence-corrected chi connectivity index (χ0v) is 11.9. The number of methoxy groups -OCH3 is 1. The number of halogens is 2. The molecule has 0 saturated carbocycles. The van der Waals surface area contributed by atoms with Crippen molar-refractivity contribution >= 4 is 27.5 Å². The Kier molecular flexibility index (Phi) is 4.22. The average molecular weight is 329 g/mol. The summed E-state index contributed by atoms with van der Waals surface area (Å²) in [6.45, 7) is 0. The third kappa shape index (κ3) is 2.83. The van der Waals surface area contributed by atoms with E-state index in [1.165, 1.54) is 7.11 Å². The molecule has 0 aliphatic heterocycles. The van der Waals surface area contributed by atoms with Crippen molar-refractivity contribution in [1.29, 1.82) is 0 Å². The summed E-state index contributed by atoms with van der Waals surface area (Å²) in [5.74, 6) is 0.403. The van der Waals surface area contributed by atoms with Gasteiger partial charge in [0.1, 0.15) is 6.10 Å². The molecule has 5 heteroatoms. The number of aromatic nitrogens is 1. The van der Waals surface area contributed by atoms with Crippen molar-refractivity contribution in [2.45, 2.75) is 6.10 Å². The summed E-state index contributed by atoms with van der Waals surface area (Å²) in [5.41, 5.74) is 1.34. The average Bonchev–Trinajstić information content (AvgIpc) is 2.39. The Hall–Kier alpha value is -1.10. The number of rotatable bonds is 3. The zero-order chi connectivity index (χ0) is 13.1. The molecular formula is C13H11BrClNO2. The second-order valence-electron chi connectivity index (χ2n) is 3.71. The highest BCUT2D eigenvalue weighted by Crippen LogP contribution is 2.30. The lowest BCUT2D eigenvalue weighted by molar-refractivity contribution is 0.213. The van der Waals surface area contributed by atoms with Crippen LogP contribution in [-0.2, 0) is 0 Å². The van der Waals surface area contributed by atoms with Crippen LogP contribution in [0.1, 0.15) is 17.2 Å². The molecule has 94 valence electrons. The maximum absolute atomic E-state index is 10.3. The lowest BCUT2D eigenvalue weighted by Crippen LogP contribution is -2.03. The fourth-order valence-electron chi connectivity index (χ4n) is 1.63. The van der Waals surface area contributed by atoms with Crippen LogP contribution in [0.5, 0.6) is 5.88 Å². The summed E-state index contributed by atoms with van der Waals surface area (Å²) >= 11 is 9.15. The van der Waals surface area contributed by atoms with E-state index in [-0.39, 0.29) is 0 Å². The van der Waals surface area contributed by atoms with Gasteiger partial charge in [-0.05, 0) is 39.7 Å². The first kappa shape index (κ1) is 13.3. The van der Waals surface area contributed by atoms with E-state index in [0.717, 1.165) is 10.0 Å². The molecule has 0 amide bonds. The van der Waals surface area contributed by atoms with Crippen molar-refractivity contribution in [2.75, 3.05) is 7.11 Å². The van der Waals surface area contributed by atoms with Crippen LogP contribution in [0.2, 0.25) is 5.02 Å². The van der Waals surface area contributed by atoms with Crippen molar-refractivity contribution in [3.05, 3.63) is 57.2 Å². The molecule has 1 unspecified atom stereocenters. The number of nitrogens with zero attached hydrogens (tertiary/aromatic N) is 1. The second kappa shape index (κ2) is 5.69. The summed E-state index contributed by atoms with van der Waals surface area (Å²) < 4.78 is 5.93. The van der Waals surface area contributed by atoms with Gasteiger partial charge in [0.05, 0.1) is 7.11 Å². The minimum absolute atomic E-state index is 0.403. The number of ether oxygens (including phenoxy) is 1. The Balaban J connectivity index is 2.41. The first-order valence-electron chi connectivity index (χ1n) is 5.25. The van der Waals surface area contributed by atoms with Gasteiger partial charge >= 0.3 is 0 Å². The monoisotopic (exact) mass is 327 g/mol. The van der Waals surface area contributed by atoms with Crippen LogP contribution in [0.3, 0.4) is 0 Å². The van der Waals surface area contributed by atoms with Crippen molar-refractivity contribution in [3.63, 3.8) is 0 Å². The van der Waals surface area contributed by atoms with Crippen LogP contribution in [-0.4, -0.2) is 17.2 Å². The van der Waals surface area contributed by atoms with Crippen molar-refractivity contribution in [2.24, 2.45) is 0 Å². The van der Waals surface area contributed by atoms with Crippen molar-refractivity contribution < 1.29 is 9.84 Å². The Morgan fingerprint density at radius 2 is 2.00 bits per heavy atom. The smallest absolute Gasteiger partial charge is 0.219 e. The van der Waals surface area contributed by atoms with Crippen molar-refractivity contribution in [3.8, 4) is 5.88 Å². The highest BCUT2D eigenvalue weighted by atomic mass is 79.9. The highest BCUT2D eigenvalue weighted by molar-refractivity contribution is 9.10. The zero-order valence-electron chi connectivity index (χ0n) is 9.60. The summed E-state index contributed by atoms with van der Waals surface area (Å²) in [5, 5.41) is 11.0. The largest absolute Gasteiger partial charge is 0.481 e. The van der Waals surface area contributed by atoms with E-state index in [1.807, 2.05) is 0 Å². The van der Waals surface area contributed by atoms with Gasteiger partial charge in [-0.1, -0.05) is 23.7 Å². The minimum Gasteiger partial charge on any atom is -0.481 e. The lowest BCUT2D eigenvalue weighted by Gasteiger charge is -2.14. The molecule has 0 saturated heterocycles. The van der Waals surface area contributed by atoms with Gasteiger partial charge in [-0.2, -0.15) is 0 Å². The van der Waals surface area contributed by atoms with Gasteiger partial charge in [0.15, 0.2) is 0 Å². The lowest BCUT2D eigenvalue weighted by atomic mass is 10.0. The summed E-state index contributed by atoms with van der Waals surface area (Å²) in [4.78, 5) is 4.11. The number of aliphatic hydroxyl groups excluding tert-OH is 1. The standard InChI is InChI=1S/C13H11BrClNO2/c1-18-13-11(6-9(14)7-16-13)12(17)8-2-4-10(15)5-3-8/h2-7,12,17H,1H3. The van der Waals surface area contributed by atoms with Gasteiger partial charge in [-0.25, -0.2) is 4.98 Å². The van der Waals surface area contributed by atoms with Gasteiger partial charge in [0.25, 0.3) is 0 Å². The number of benzene rings is 1. The number of hydrogen-bond acceptors (Lipinski definition) is 3. The molecule has 1 aromatic heterocycles. The van der Waals surface area contributed by atoms with Crippen LogP contribution in [0, 0.1) is 0 Å². The summed E-state index contributed by atoms with van der Waals surface area (Å²) in [6.07, 6.45) is 0.818. The maximum Gasteiger partial charge on any atom is 0.219 e. The number of hydrogen-bond donors (Lipinski definition) is 1. The van der Waals surface area contributed by atoms with E-state index in [0.29, 0.717) is 16.5 Å². The van der Waals surface area contributed by atoms with E-state index in [9.17, 15) is 5.11 Å². The molecule has 0 radical (unpaired) electrons. The van der Waals surface area contributed by atoms with Gasteiger partial charge in [-0.15, -0.1) is 0 Å². The van der Waals surface area contributed by atoms with Crippen molar-refractivity contribution in [1.82, 2.24) is 4.98 Å². The fraction of sp³-hybridized carbons (Fsp3) is 0.154. The summed E-state index contributed by atoms with van der Waals surface area (Å²) in [7, 11) is 1.52. The van der Waals surface area contributed by atoms with Crippen LogP contribution in [0.25, 0.3) is 0 Å². The predicted octanol–water partition coefficient (Wildman–Crippen LogP) is 3.59. The molecule has 0 aliphatic carbocycles. The van der Waals surface area contributed by atoms with E-state index in [1.54, 1.807) is 36.5 Å². The molecule has 0 bridgehead atoms. The first-order chi connectivity index (χ1) is 8.61. The van der Waals surface area contributed by atoms with Crippen LogP contribution in [0.15, 0.2) is 41.0 Å². The van der Waals surface area contributed by atoms with Crippen LogP contribution in [0.4, 0.5) is 0 Å². The molecule has 3 nitrogen and oxygen atoms in total. The normalized spacial score (nSPS) is 12.2. The molecular weight excluding hydrogens is 318 g/mol. The maximum atomic E-state index is 10.3. The Bertz CT molecular complexity index is 545. The third-order valence-corrected chi connectivity index (χ3v) is 3.20. The fourth-order valence-corrected chi connectivity index (χ4v) is 2.11. The molecule has 18 heavy (non-hydrogen) atoms. The predicted molar refractivity (Wildman–Crippen MR) is 74.0 cm³/mol. The Labute approximate surface area is 119 Å². The van der Waals surface area contributed by atoms with Crippen LogP contribution >= 0.6 is 27.5 Å². The summed E-state index contributed by atoms with van der Waals surface area (Å²) in [6, 6.07) is 8.79. The molecule has 1 atom stereocenters. The second-order valence-corrected chi connectivity index (χ2v) is 5.06. The Morgan fingerprint density at radius 3 is 2.61 bits per heavy atom. The quantitative estimate of drug-likeness (QED) is 0.936. The highest BCUT2D eigenvalue weighted by Gasteiger charge is 2.16. The Morgan fingerprint density at radius 1 is 1.33 bits per heavy atom. The topological polar surface area (TPSA) is 42.4 Å². The molecule has 1 heterocycles. The molecule has 1 aromatic carbocycles. The van der Waals surface area contributed by atoms with E-state index < -0.39 is 6.10 Å². The van der Waals surface area contributed by atoms with E-state index in [2.05, 4.69) is 20.9 Å². The minimum atomic E-state index is -0.804. The molecule has 2 rings (SSSR count). The number of pyridine rings is 1. The molecule has 0 fully saturated rings. The van der Waals surface area contributed by atoms with Gasteiger partial charge in [0.2, 0.25) is 5.88 Å². The van der Waals surface area contributed by atoms with Gasteiger partial charge < -0.3 is 9.84 Å². The molecule has 1 N–H and O–H groups in total. The third-order valence-electron chi connectivity index (χ3n) is 2.52. The van der Waals surface area contributed by atoms with E-state index in [4.69, 9.17) is 16.3 Å². The van der Waals surface area contributed by atoms with Gasteiger partial charge in [-0.3, -0.25) is 0 Å². The van der Waals surface area contributed by atoms with Crippen LogP contribution < -0.4 is 4.74 Å². The number of aliphatic hydroxyl groups is 1.